The van der Waals surface area contributed by atoms with Gasteiger partial charge in [-0.25, -0.2) is 0 Å². The molecule has 0 unspecified atom stereocenters. The average Bonchev–Trinajstić information content (AvgIpc) is 2.37. The van der Waals surface area contributed by atoms with Gasteiger partial charge in [-0.1, -0.05) is 18.2 Å². The second-order valence-electron chi connectivity index (χ2n) is 4.70. The second-order valence-corrected chi connectivity index (χ2v) is 4.70. The number of aliphatic hydroxyl groups excluding tert-OH is 1. The van der Waals surface area contributed by atoms with Crippen LogP contribution in [0.2, 0.25) is 0 Å². The van der Waals surface area contributed by atoms with Gasteiger partial charge < -0.3 is 15.3 Å². The van der Waals surface area contributed by atoms with E-state index in [9.17, 15) is 9.59 Å². The molecule has 0 aliphatic carbocycles. The zero-order chi connectivity index (χ0) is 13.8. The van der Waals surface area contributed by atoms with Gasteiger partial charge in [-0.2, -0.15) is 0 Å². The van der Waals surface area contributed by atoms with E-state index in [1.165, 1.54) is 11.9 Å². The Morgan fingerprint density at radius 1 is 1.28 bits per heavy atom. The SMILES string of the molecule is CN(C(=O)C(=O)NC(C)(C)CO)c1ccccc1. The Labute approximate surface area is 106 Å². The summed E-state index contributed by atoms with van der Waals surface area (Å²) in [7, 11) is 1.53. The number of likely N-dealkylation sites (N-methyl/N-ethyl adjacent to an activating group) is 1. The topological polar surface area (TPSA) is 69.6 Å². The monoisotopic (exact) mass is 250 g/mol. The predicted molar refractivity (Wildman–Crippen MR) is 69.2 cm³/mol. The lowest BCUT2D eigenvalue weighted by Gasteiger charge is -2.24. The molecule has 2 N–H and O–H groups in total. The highest BCUT2D eigenvalue weighted by molar-refractivity contribution is 6.40. The van der Waals surface area contributed by atoms with Crippen LogP contribution in [-0.2, 0) is 9.59 Å². The van der Waals surface area contributed by atoms with Gasteiger partial charge in [0.15, 0.2) is 0 Å². The second kappa shape index (κ2) is 5.64. The molecule has 0 aliphatic rings. The fourth-order valence-electron chi connectivity index (χ4n) is 1.32. The Kier molecular flexibility index (Phi) is 4.44. The molecule has 1 aromatic rings. The third kappa shape index (κ3) is 3.56. The smallest absolute Gasteiger partial charge is 0.316 e. The molecule has 1 aromatic carbocycles. The number of rotatable bonds is 3. The van der Waals surface area contributed by atoms with Gasteiger partial charge in [-0.15, -0.1) is 0 Å². The molecule has 0 fully saturated rings. The number of anilines is 1. The molecule has 1 rings (SSSR count). The first-order valence-electron chi connectivity index (χ1n) is 5.63. The Morgan fingerprint density at radius 3 is 2.33 bits per heavy atom. The third-order valence-electron chi connectivity index (χ3n) is 2.49. The first kappa shape index (κ1) is 14.2. The van der Waals surface area contributed by atoms with E-state index in [2.05, 4.69) is 5.32 Å². The number of aliphatic hydroxyl groups is 1. The Bertz CT molecular complexity index is 429. The van der Waals surface area contributed by atoms with E-state index in [1.54, 1.807) is 38.1 Å². The van der Waals surface area contributed by atoms with Crippen LogP contribution in [0.3, 0.4) is 0 Å². The summed E-state index contributed by atoms with van der Waals surface area (Å²) >= 11 is 0. The third-order valence-corrected chi connectivity index (χ3v) is 2.49. The molecular formula is C13H18N2O3. The Hall–Kier alpha value is -1.88. The van der Waals surface area contributed by atoms with Crippen molar-refractivity contribution in [3.05, 3.63) is 30.3 Å². The number of amides is 2. The lowest BCUT2D eigenvalue weighted by molar-refractivity contribution is -0.138. The van der Waals surface area contributed by atoms with Crippen molar-refractivity contribution in [2.75, 3.05) is 18.6 Å². The van der Waals surface area contributed by atoms with Crippen LogP contribution in [0.4, 0.5) is 5.69 Å². The van der Waals surface area contributed by atoms with E-state index in [0.29, 0.717) is 5.69 Å². The summed E-state index contributed by atoms with van der Waals surface area (Å²) in [5.41, 5.74) is -0.177. The molecule has 0 aliphatic heterocycles. The van der Waals surface area contributed by atoms with E-state index in [0.717, 1.165) is 0 Å². The summed E-state index contributed by atoms with van der Waals surface area (Å²) < 4.78 is 0. The summed E-state index contributed by atoms with van der Waals surface area (Å²) in [6.45, 7) is 3.04. The van der Waals surface area contributed by atoms with Crippen LogP contribution >= 0.6 is 0 Å². The van der Waals surface area contributed by atoms with Crippen molar-refractivity contribution in [3.63, 3.8) is 0 Å². The van der Waals surface area contributed by atoms with Crippen LogP contribution in [0.25, 0.3) is 0 Å². The van der Waals surface area contributed by atoms with Crippen molar-refractivity contribution in [2.45, 2.75) is 19.4 Å². The highest BCUT2D eigenvalue weighted by atomic mass is 16.3. The summed E-state index contributed by atoms with van der Waals surface area (Å²) in [4.78, 5) is 24.9. The normalized spacial score (nSPS) is 10.9. The maximum atomic E-state index is 11.9. The summed E-state index contributed by atoms with van der Waals surface area (Å²) in [6, 6.07) is 8.88. The molecule has 98 valence electrons. The number of nitrogens with zero attached hydrogens (tertiary/aromatic N) is 1. The zero-order valence-electron chi connectivity index (χ0n) is 10.8. The first-order chi connectivity index (χ1) is 8.37. The minimum Gasteiger partial charge on any atom is -0.394 e. The van der Waals surface area contributed by atoms with Crippen molar-refractivity contribution >= 4 is 17.5 Å². The van der Waals surface area contributed by atoms with E-state index < -0.39 is 17.4 Å². The Morgan fingerprint density at radius 2 is 1.83 bits per heavy atom. The van der Waals surface area contributed by atoms with Crippen molar-refractivity contribution in [1.82, 2.24) is 5.32 Å². The molecule has 0 bridgehead atoms. The number of hydrogen-bond acceptors (Lipinski definition) is 3. The number of carbonyl (C=O) groups is 2. The maximum absolute atomic E-state index is 11.9. The van der Waals surface area contributed by atoms with Crippen molar-refractivity contribution < 1.29 is 14.7 Å². The van der Waals surface area contributed by atoms with Gasteiger partial charge in [0.2, 0.25) is 0 Å². The van der Waals surface area contributed by atoms with Gasteiger partial charge in [0.05, 0.1) is 12.1 Å². The van der Waals surface area contributed by atoms with Gasteiger partial charge in [-0.3, -0.25) is 9.59 Å². The fraction of sp³-hybridized carbons (Fsp3) is 0.385. The number of benzene rings is 1. The quantitative estimate of drug-likeness (QED) is 0.769. The van der Waals surface area contributed by atoms with Crippen LogP contribution in [0, 0.1) is 0 Å². The van der Waals surface area contributed by atoms with E-state index in [4.69, 9.17) is 5.11 Å². The standard InChI is InChI=1S/C13H18N2O3/c1-13(2,9-16)14-11(17)12(18)15(3)10-7-5-4-6-8-10/h4-8,16H,9H2,1-3H3,(H,14,17). The lowest BCUT2D eigenvalue weighted by atomic mass is 10.1. The molecule has 0 aromatic heterocycles. The summed E-state index contributed by atoms with van der Waals surface area (Å²) in [5, 5.41) is 11.5. The van der Waals surface area contributed by atoms with Gasteiger partial charge in [0.25, 0.3) is 0 Å². The molecule has 0 saturated heterocycles. The largest absolute Gasteiger partial charge is 0.394 e. The zero-order valence-corrected chi connectivity index (χ0v) is 10.8. The van der Waals surface area contributed by atoms with E-state index >= 15 is 0 Å². The van der Waals surface area contributed by atoms with Crippen LogP contribution < -0.4 is 10.2 Å². The fourth-order valence-corrected chi connectivity index (χ4v) is 1.32. The molecule has 0 atom stereocenters. The minimum atomic E-state index is -0.815. The van der Waals surface area contributed by atoms with Crippen LogP contribution in [0.15, 0.2) is 30.3 Å². The van der Waals surface area contributed by atoms with Crippen LogP contribution in [-0.4, -0.2) is 36.1 Å². The van der Waals surface area contributed by atoms with Gasteiger partial charge in [0, 0.05) is 12.7 Å². The molecule has 0 heterocycles. The van der Waals surface area contributed by atoms with Crippen molar-refractivity contribution in [1.29, 1.82) is 0 Å². The van der Waals surface area contributed by atoms with Gasteiger partial charge in [0.1, 0.15) is 0 Å². The predicted octanol–water partition coefficient (Wildman–Crippen LogP) is 0.536. The lowest BCUT2D eigenvalue weighted by Crippen LogP contribution is -2.52. The summed E-state index contributed by atoms with van der Waals surface area (Å²) in [5.74, 6) is -1.40. The van der Waals surface area contributed by atoms with Gasteiger partial charge in [-0.05, 0) is 26.0 Å². The molecule has 0 radical (unpaired) electrons. The van der Waals surface area contributed by atoms with Crippen LogP contribution in [0.5, 0.6) is 0 Å². The number of nitrogens with one attached hydrogen (secondary N) is 1. The molecule has 5 heteroatoms. The maximum Gasteiger partial charge on any atom is 0.316 e. The highest BCUT2D eigenvalue weighted by Gasteiger charge is 2.26. The molecule has 18 heavy (non-hydrogen) atoms. The molecule has 2 amide bonds. The van der Waals surface area contributed by atoms with E-state index in [1.807, 2.05) is 6.07 Å². The highest BCUT2D eigenvalue weighted by Crippen LogP contribution is 2.11. The van der Waals surface area contributed by atoms with Gasteiger partial charge >= 0.3 is 11.8 Å². The number of para-hydroxylation sites is 1. The number of carbonyl (C=O) groups excluding carboxylic acids is 2. The molecule has 5 nitrogen and oxygen atoms in total. The summed E-state index contributed by atoms with van der Waals surface area (Å²) in [6.07, 6.45) is 0. The van der Waals surface area contributed by atoms with E-state index in [-0.39, 0.29) is 6.61 Å². The Balaban J connectivity index is 2.73. The number of hydrogen-bond donors (Lipinski definition) is 2. The van der Waals surface area contributed by atoms with Crippen LogP contribution in [0.1, 0.15) is 13.8 Å². The first-order valence-corrected chi connectivity index (χ1v) is 5.63. The molecule has 0 spiro atoms. The minimum absolute atomic E-state index is 0.235. The average molecular weight is 250 g/mol. The van der Waals surface area contributed by atoms with Crippen molar-refractivity contribution in [3.8, 4) is 0 Å². The molecule has 0 saturated carbocycles. The van der Waals surface area contributed by atoms with Crippen molar-refractivity contribution in [2.24, 2.45) is 0 Å². The molecular weight excluding hydrogens is 232 g/mol.